The van der Waals surface area contributed by atoms with Gasteiger partial charge in [-0.3, -0.25) is 9.58 Å². The molecular weight excluding hydrogens is 306 g/mol. The highest BCUT2D eigenvalue weighted by atomic mass is 16.3. The summed E-state index contributed by atoms with van der Waals surface area (Å²) >= 11 is 0. The highest BCUT2D eigenvalue weighted by Gasteiger charge is 2.30. The third-order valence-corrected chi connectivity index (χ3v) is 4.50. The molecule has 0 aliphatic carbocycles. The van der Waals surface area contributed by atoms with Gasteiger partial charge in [-0.05, 0) is 41.5 Å². The van der Waals surface area contributed by atoms with Crippen molar-refractivity contribution in [2.75, 3.05) is 31.5 Å². The summed E-state index contributed by atoms with van der Waals surface area (Å²) in [6.07, 6.45) is 0. The number of β-amino-alcohol motifs (C(OH)–C–C–N with tert-alkyl or cyclic N) is 1. The van der Waals surface area contributed by atoms with Gasteiger partial charge in [-0.1, -0.05) is 0 Å². The predicted octanol–water partition coefficient (Wildman–Crippen LogP) is 1.83. The van der Waals surface area contributed by atoms with Gasteiger partial charge in [-0.2, -0.15) is 5.10 Å². The van der Waals surface area contributed by atoms with Crippen molar-refractivity contribution in [2.24, 2.45) is 0 Å². The summed E-state index contributed by atoms with van der Waals surface area (Å²) in [5.74, 6) is 0. The van der Waals surface area contributed by atoms with Crippen molar-refractivity contribution in [3.63, 3.8) is 0 Å². The minimum Gasteiger partial charge on any atom is -0.389 e. The third kappa shape index (κ3) is 4.27. The Balaban J connectivity index is 2.00. The molecule has 24 heavy (non-hydrogen) atoms. The second-order valence-corrected chi connectivity index (χ2v) is 7.38. The lowest BCUT2D eigenvalue weighted by atomic mass is 10.1. The molecule has 1 atom stereocenters. The van der Waals surface area contributed by atoms with E-state index >= 15 is 0 Å². The Labute approximate surface area is 144 Å². The van der Waals surface area contributed by atoms with Crippen molar-refractivity contribution in [3.8, 4) is 0 Å². The van der Waals surface area contributed by atoms with Gasteiger partial charge in [0.1, 0.15) is 0 Å². The predicted molar refractivity (Wildman–Crippen MR) is 95.3 cm³/mol. The lowest BCUT2D eigenvalue weighted by molar-refractivity contribution is 0.0130. The average molecular weight is 337 g/mol. The van der Waals surface area contributed by atoms with E-state index in [0.717, 1.165) is 36.7 Å². The van der Waals surface area contributed by atoms with Crippen LogP contribution in [-0.2, 0) is 6.54 Å². The van der Waals surface area contributed by atoms with Crippen molar-refractivity contribution in [1.29, 1.82) is 0 Å². The van der Waals surface area contributed by atoms with E-state index in [4.69, 9.17) is 0 Å². The molecule has 0 saturated carbocycles. The molecule has 0 aromatic carbocycles. The molecule has 136 valence electrons. The average Bonchev–Trinajstić information content (AvgIpc) is 2.73. The van der Waals surface area contributed by atoms with Crippen LogP contribution < -0.4 is 5.32 Å². The molecule has 0 spiro atoms. The SMILES string of the molecule is CCn1nc(C)c(NC(=O)N2CCN(CC(C)(C)O)C[C@H]2C)c1C. The first kappa shape index (κ1) is 18.7. The number of anilines is 1. The van der Waals surface area contributed by atoms with Gasteiger partial charge < -0.3 is 15.3 Å². The number of carbonyl (C=O) groups is 1. The molecule has 2 heterocycles. The zero-order chi connectivity index (χ0) is 18.1. The van der Waals surface area contributed by atoms with Crippen LogP contribution in [0, 0.1) is 13.8 Å². The number of hydrogen-bond donors (Lipinski definition) is 2. The lowest BCUT2D eigenvalue weighted by Crippen LogP contribution is -2.57. The van der Waals surface area contributed by atoms with Crippen molar-refractivity contribution in [3.05, 3.63) is 11.4 Å². The monoisotopic (exact) mass is 337 g/mol. The second-order valence-electron chi connectivity index (χ2n) is 7.38. The third-order valence-electron chi connectivity index (χ3n) is 4.50. The van der Waals surface area contributed by atoms with Crippen molar-refractivity contribution < 1.29 is 9.90 Å². The molecule has 2 amide bonds. The van der Waals surface area contributed by atoms with E-state index in [0.29, 0.717) is 13.1 Å². The maximum absolute atomic E-state index is 12.7. The molecule has 1 fully saturated rings. The van der Waals surface area contributed by atoms with Gasteiger partial charge in [0.2, 0.25) is 0 Å². The van der Waals surface area contributed by atoms with Crippen LogP contribution in [0.2, 0.25) is 0 Å². The Kier molecular flexibility index (Phi) is 5.55. The zero-order valence-corrected chi connectivity index (χ0v) is 15.8. The van der Waals surface area contributed by atoms with Crippen molar-refractivity contribution >= 4 is 11.7 Å². The van der Waals surface area contributed by atoms with Crippen LogP contribution in [-0.4, -0.2) is 68.5 Å². The van der Waals surface area contributed by atoms with E-state index < -0.39 is 5.60 Å². The van der Waals surface area contributed by atoms with Crippen LogP contribution in [0.3, 0.4) is 0 Å². The molecule has 0 radical (unpaired) electrons. The minimum absolute atomic E-state index is 0.0766. The second kappa shape index (κ2) is 7.11. The number of aliphatic hydroxyl groups is 1. The van der Waals surface area contributed by atoms with E-state index in [-0.39, 0.29) is 12.1 Å². The highest BCUT2D eigenvalue weighted by molar-refractivity contribution is 5.90. The Morgan fingerprint density at radius 3 is 2.54 bits per heavy atom. The molecule has 7 nitrogen and oxygen atoms in total. The number of nitrogens with one attached hydrogen (secondary N) is 1. The highest BCUT2D eigenvalue weighted by Crippen LogP contribution is 2.21. The van der Waals surface area contributed by atoms with Crippen LogP contribution in [0.1, 0.15) is 39.1 Å². The van der Waals surface area contributed by atoms with Gasteiger partial charge in [0.25, 0.3) is 0 Å². The topological polar surface area (TPSA) is 73.6 Å². The van der Waals surface area contributed by atoms with E-state index in [1.54, 1.807) is 0 Å². The molecule has 1 aromatic rings. The van der Waals surface area contributed by atoms with E-state index in [1.807, 2.05) is 51.1 Å². The number of aryl methyl sites for hydroxylation is 2. The first-order valence-electron chi connectivity index (χ1n) is 8.68. The quantitative estimate of drug-likeness (QED) is 0.879. The summed E-state index contributed by atoms with van der Waals surface area (Å²) < 4.78 is 1.90. The maximum Gasteiger partial charge on any atom is 0.322 e. The van der Waals surface area contributed by atoms with Crippen LogP contribution in [0.5, 0.6) is 0 Å². The smallest absolute Gasteiger partial charge is 0.322 e. The fraction of sp³-hybridized carbons (Fsp3) is 0.765. The molecule has 2 N–H and O–H groups in total. The van der Waals surface area contributed by atoms with Gasteiger partial charge in [0.15, 0.2) is 0 Å². The molecule has 1 aliphatic rings. The number of hydrogen-bond acceptors (Lipinski definition) is 4. The number of urea groups is 1. The Morgan fingerprint density at radius 1 is 1.38 bits per heavy atom. The molecule has 1 aliphatic heterocycles. The van der Waals surface area contributed by atoms with Crippen molar-refractivity contribution in [1.82, 2.24) is 19.6 Å². The minimum atomic E-state index is -0.715. The molecule has 1 saturated heterocycles. The Bertz CT molecular complexity index is 591. The largest absolute Gasteiger partial charge is 0.389 e. The number of carbonyl (C=O) groups excluding carboxylic acids is 1. The van der Waals surface area contributed by atoms with E-state index in [1.165, 1.54) is 0 Å². The van der Waals surface area contributed by atoms with Gasteiger partial charge in [0, 0.05) is 38.8 Å². The summed E-state index contributed by atoms with van der Waals surface area (Å²) in [6.45, 7) is 15.2. The summed E-state index contributed by atoms with van der Waals surface area (Å²) in [5, 5.41) is 17.4. The molecule has 0 bridgehead atoms. The number of rotatable bonds is 4. The first-order valence-corrected chi connectivity index (χ1v) is 8.68. The molecule has 1 aromatic heterocycles. The molecule has 2 rings (SSSR count). The number of piperazine rings is 1. The fourth-order valence-corrected chi connectivity index (χ4v) is 3.39. The Morgan fingerprint density at radius 2 is 2.04 bits per heavy atom. The van der Waals surface area contributed by atoms with Gasteiger partial charge in [-0.25, -0.2) is 4.79 Å². The van der Waals surface area contributed by atoms with Crippen LogP contribution in [0.4, 0.5) is 10.5 Å². The van der Waals surface area contributed by atoms with Crippen LogP contribution in [0.25, 0.3) is 0 Å². The van der Waals surface area contributed by atoms with E-state index in [2.05, 4.69) is 15.3 Å². The number of aromatic nitrogens is 2. The van der Waals surface area contributed by atoms with E-state index in [9.17, 15) is 9.90 Å². The van der Waals surface area contributed by atoms with Gasteiger partial charge >= 0.3 is 6.03 Å². The summed E-state index contributed by atoms with van der Waals surface area (Å²) in [6, 6.07) is 0.0233. The Hall–Kier alpha value is -1.60. The van der Waals surface area contributed by atoms with Crippen molar-refractivity contribution in [2.45, 2.75) is 59.7 Å². The summed E-state index contributed by atoms with van der Waals surface area (Å²) in [5.41, 5.74) is 1.92. The molecular formula is C17H31N5O2. The van der Waals surface area contributed by atoms with Gasteiger partial charge in [0.05, 0.1) is 22.7 Å². The van der Waals surface area contributed by atoms with Crippen LogP contribution in [0.15, 0.2) is 0 Å². The lowest BCUT2D eigenvalue weighted by Gasteiger charge is -2.41. The number of amides is 2. The zero-order valence-electron chi connectivity index (χ0n) is 15.8. The maximum atomic E-state index is 12.7. The number of nitrogens with zero attached hydrogens (tertiary/aromatic N) is 4. The molecule has 0 unspecified atom stereocenters. The van der Waals surface area contributed by atoms with Crippen LogP contribution >= 0.6 is 0 Å². The van der Waals surface area contributed by atoms with Gasteiger partial charge in [-0.15, -0.1) is 0 Å². The molecule has 7 heteroatoms. The standard InChI is InChI=1S/C17H31N5O2/c1-7-22-14(4)15(13(3)19-22)18-16(23)21-9-8-20(10-12(21)2)11-17(5,6)24/h12,24H,7-11H2,1-6H3,(H,18,23)/t12-/m1/s1. The first-order chi connectivity index (χ1) is 11.1. The fourth-order valence-electron chi connectivity index (χ4n) is 3.39. The summed E-state index contributed by atoms with van der Waals surface area (Å²) in [4.78, 5) is 16.8. The summed E-state index contributed by atoms with van der Waals surface area (Å²) in [7, 11) is 0. The normalized spacial score (nSPS) is 19.6.